The molecule has 2 nitrogen and oxygen atoms in total. The van der Waals surface area contributed by atoms with Crippen molar-refractivity contribution in [2.75, 3.05) is 0 Å². The second-order valence-corrected chi connectivity index (χ2v) is 5.04. The van der Waals surface area contributed by atoms with Crippen molar-refractivity contribution in [2.45, 2.75) is 0 Å². The number of benzene rings is 2. The minimum absolute atomic E-state index is 0.0230. The van der Waals surface area contributed by atoms with E-state index in [4.69, 9.17) is 23.2 Å². The van der Waals surface area contributed by atoms with Crippen LogP contribution in [-0.2, 0) is 0 Å². The molecule has 0 fully saturated rings. The predicted octanol–water partition coefficient (Wildman–Crippen LogP) is 5.02. The molecule has 106 valence electrons. The standard InChI is InChI=1S/C14H5Cl2F3N2/c15-6-1-2-8-11(3-6)20-14(21-13(8)16)12-9(18)4-7(17)5-10(12)19/h1-5H. The van der Waals surface area contributed by atoms with E-state index in [0.29, 0.717) is 28.1 Å². The summed E-state index contributed by atoms with van der Waals surface area (Å²) >= 11 is 11.8. The Bertz CT molecular complexity index is 845. The van der Waals surface area contributed by atoms with Gasteiger partial charge in [-0.2, -0.15) is 0 Å². The fraction of sp³-hybridized carbons (Fsp3) is 0. The molecule has 0 saturated heterocycles. The number of fused-ring (bicyclic) bond motifs is 1. The first-order valence-corrected chi connectivity index (χ1v) is 6.49. The molecule has 1 aromatic heterocycles. The third-order valence-corrected chi connectivity index (χ3v) is 3.37. The van der Waals surface area contributed by atoms with Crippen LogP contribution in [0.15, 0.2) is 30.3 Å². The van der Waals surface area contributed by atoms with Crippen molar-refractivity contribution in [3.63, 3.8) is 0 Å². The van der Waals surface area contributed by atoms with E-state index in [0.717, 1.165) is 0 Å². The molecular weight excluding hydrogens is 324 g/mol. The maximum atomic E-state index is 13.8. The normalized spacial score (nSPS) is 11.1. The quantitative estimate of drug-likeness (QED) is 0.586. The van der Waals surface area contributed by atoms with Gasteiger partial charge in [-0.3, -0.25) is 0 Å². The summed E-state index contributed by atoms with van der Waals surface area (Å²) in [6.45, 7) is 0. The van der Waals surface area contributed by atoms with Crippen molar-refractivity contribution in [3.05, 3.63) is 58.0 Å². The maximum absolute atomic E-state index is 13.8. The lowest BCUT2D eigenvalue weighted by molar-refractivity contribution is 0.547. The first-order chi connectivity index (χ1) is 9.95. The van der Waals surface area contributed by atoms with E-state index in [-0.39, 0.29) is 11.0 Å². The highest BCUT2D eigenvalue weighted by atomic mass is 35.5. The van der Waals surface area contributed by atoms with Crippen LogP contribution in [-0.4, -0.2) is 9.97 Å². The van der Waals surface area contributed by atoms with Crippen molar-refractivity contribution < 1.29 is 13.2 Å². The SMILES string of the molecule is Fc1cc(F)c(-c2nc(Cl)c3ccc(Cl)cc3n2)c(F)c1. The largest absolute Gasteiger partial charge is 0.228 e. The first-order valence-electron chi connectivity index (χ1n) is 5.73. The molecule has 0 unspecified atom stereocenters. The highest BCUT2D eigenvalue weighted by molar-refractivity contribution is 6.35. The van der Waals surface area contributed by atoms with Crippen LogP contribution in [0.3, 0.4) is 0 Å². The van der Waals surface area contributed by atoms with Gasteiger partial charge in [0.1, 0.15) is 22.6 Å². The fourth-order valence-corrected chi connectivity index (χ4v) is 2.34. The topological polar surface area (TPSA) is 25.8 Å². The Balaban J connectivity index is 2.31. The van der Waals surface area contributed by atoms with Crippen LogP contribution < -0.4 is 0 Å². The van der Waals surface area contributed by atoms with E-state index in [2.05, 4.69) is 9.97 Å². The van der Waals surface area contributed by atoms with E-state index in [9.17, 15) is 13.2 Å². The first kappa shape index (κ1) is 14.1. The van der Waals surface area contributed by atoms with Crippen LogP contribution in [0, 0.1) is 17.5 Å². The van der Waals surface area contributed by atoms with Crippen LogP contribution in [0.1, 0.15) is 0 Å². The molecule has 0 aliphatic rings. The zero-order valence-electron chi connectivity index (χ0n) is 10.2. The molecule has 21 heavy (non-hydrogen) atoms. The average molecular weight is 329 g/mol. The Hall–Kier alpha value is -1.85. The second-order valence-electron chi connectivity index (χ2n) is 4.24. The van der Waals surface area contributed by atoms with Gasteiger partial charge in [0.05, 0.1) is 11.1 Å². The van der Waals surface area contributed by atoms with Gasteiger partial charge < -0.3 is 0 Å². The molecule has 0 amide bonds. The molecule has 1 heterocycles. The van der Waals surface area contributed by atoms with Crippen LogP contribution in [0.4, 0.5) is 13.2 Å². The summed E-state index contributed by atoms with van der Waals surface area (Å²) < 4.78 is 40.5. The summed E-state index contributed by atoms with van der Waals surface area (Å²) in [5.41, 5.74) is -0.208. The molecular formula is C14H5Cl2F3N2. The molecule has 0 saturated carbocycles. The van der Waals surface area contributed by atoms with E-state index < -0.39 is 23.0 Å². The van der Waals surface area contributed by atoms with E-state index in [1.807, 2.05) is 0 Å². The van der Waals surface area contributed by atoms with E-state index >= 15 is 0 Å². The summed E-state index contributed by atoms with van der Waals surface area (Å²) in [5, 5.41) is 0.908. The lowest BCUT2D eigenvalue weighted by atomic mass is 10.1. The monoisotopic (exact) mass is 328 g/mol. The van der Waals surface area contributed by atoms with Gasteiger partial charge in [0.2, 0.25) is 0 Å². The van der Waals surface area contributed by atoms with Gasteiger partial charge in [0.25, 0.3) is 0 Å². The number of hydrogen-bond acceptors (Lipinski definition) is 2. The van der Waals surface area contributed by atoms with Crippen molar-refractivity contribution in [1.82, 2.24) is 9.97 Å². The lowest BCUT2D eigenvalue weighted by Crippen LogP contribution is -1.98. The van der Waals surface area contributed by atoms with E-state index in [1.165, 1.54) is 6.07 Å². The minimum atomic E-state index is -1.11. The van der Waals surface area contributed by atoms with Crippen molar-refractivity contribution >= 4 is 34.1 Å². The van der Waals surface area contributed by atoms with E-state index in [1.54, 1.807) is 12.1 Å². The number of nitrogens with zero attached hydrogens (tertiary/aromatic N) is 2. The Morgan fingerprint density at radius 1 is 0.857 bits per heavy atom. The predicted molar refractivity (Wildman–Crippen MR) is 74.9 cm³/mol. The van der Waals surface area contributed by atoms with Gasteiger partial charge in [-0.25, -0.2) is 23.1 Å². The highest BCUT2D eigenvalue weighted by Gasteiger charge is 2.18. The smallest absolute Gasteiger partial charge is 0.167 e. The second kappa shape index (κ2) is 5.16. The third-order valence-electron chi connectivity index (χ3n) is 2.84. The van der Waals surface area contributed by atoms with Gasteiger partial charge in [-0.1, -0.05) is 23.2 Å². The zero-order valence-corrected chi connectivity index (χ0v) is 11.7. The molecule has 0 radical (unpaired) electrons. The molecule has 0 N–H and O–H groups in total. The average Bonchev–Trinajstić information content (AvgIpc) is 2.36. The summed E-state index contributed by atoms with van der Waals surface area (Å²) in [6, 6.07) is 5.79. The number of aromatic nitrogens is 2. The summed E-state index contributed by atoms with van der Waals surface area (Å²) in [6.07, 6.45) is 0. The summed E-state index contributed by atoms with van der Waals surface area (Å²) in [4.78, 5) is 7.90. The fourth-order valence-electron chi connectivity index (χ4n) is 1.93. The van der Waals surface area contributed by atoms with Gasteiger partial charge >= 0.3 is 0 Å². The van der Waals surface area contributed by atoms with Crippen molar-refractivity contribution in [3.8, 4) is 11.4 Å². The molecule has 0 spiro atoms. The van der Waals surface area contributed by atoms with Crippen molar-refractivity contribution in [1.29, 1.82) is 0 Å². The molecule has 0 aliphatic heterocycles. The van der Waals surface area contributed by atoms with Gasteiger partial charge in [-0.15, -0.1) is 0 Å². The van der Waals surface area contributed by atoms with Crippen LogP contribution in [0.25, 0.3) is 22.3 Å². The molecule has 0 aliphatic carbocycles. The number of rotatable bonds is 1. The van der Waals surface area contributed by atoms with Gasteiger partial charge in [0.15, 0.2) is 5.82 Å². The molecule has 2 aromatic carbocycles. The van der Waals surface area contributed by atoms with Crippen LogP contribution in [0.5, 0.6) is 0 Å². The lowest BCUT2D eigenvalue weighted by Gasteiger charge is -2.07. The molecule has 3 aromatic rings. The van der Waals surface area contributed by atoms with Gasteiger partial charge in [0, 0.05) is 22.5 Å². The van der Waals surface area contributed by atoms with Crippen molar-refractivity contribution in [2.24, 2.45) is 0 Å². The minimum Gasteiger partial charge on any atom is -0.228 e. The van der Waals surface area contributed by atoms with Crippen LogP contribution >= 0.6 is 23.2 Å². The Labute approximate surface area is 127 Å². The molecule has 0 atom stereocenters. The number of hydrogen-bond donors (Lipinski definition) is 0. The molecule has 0 bridgehead atoms. The zero-order chi connectivity index (χ0) is 15.1. The molecule has 3 rings (SSSR count). The molecule has 7 heteroatoms. The van der Waals surface area contributed by atoms with Gasteiger partial charge in [-0.05, 0) is 18.2 Å². The Kier molecular flexibility index (Phi) is 3.47. The Morgan fingerprint density at radius 2 is 1.52 bits per heavy atom. The maximum Gasteiger partial charge on any atom is 0.167 e. The Morgan fingerprint density at radius 3 is 2.19 bits per heavy atom. The third kappa shape index (κ3) is 2.54. The highest BCUT2D eigenvalue weighted by Crippen LogP contribution is 2.29. The summed E-state index contributed by atoms with van der Waals surface area (Å²) in [7, 11) is 0. The number of halogens is 5. The van der Waals surface area contributed by atoms with Crippen LogP contribution in [0.2, 0.25) is 10.2 Å². The summed E-state index contributed by atoms with van der Waals surface area (Å²) in [5.74, 6) is -3.51.